The number of pyridine rings is 1. The van der Waals surface area contributed by atoms with E-state index in [4.69, 9.17) is 4.74 Å². The molecular formula is C9H11F3N2O. The summed E-state index contributed by atoms with van der Waals surface area (Å²) in [6.45, 7) is -0.413. The number of ether oxygens (including phenoxy) is 1. The lowest BCUT2D eigenvalue weighted by Crippen LogP contribution is -2.13. The Kier molecular flexibility index (Phi) is 3.76. The molecule has 84 valence electrons. The van der Waals surface area contributed by atoms with Crippen LogP contribution < -0.4 is 10.1 Å². The van der Waals surface area contributed by atoms with E-state index in [1.54, 1.807) is 19.2 Å². The first kappa shape index (κ1) is 11.6. The molecule has 0 bridgehead atoms. The van der Waals surface area contributed by atoms with Gasteiger partial charge < -0.3 is 10.1 Å². The summed E-state index contributed by atoms with van der Waals surface area (Å²) < 4.78 is 40.2. The maximum absolute atomic E-state index is 11.8. The van der Waals surface area contributed by atoms with Crippen LogP contribution in [-0.4, -0.2) is 24.8 Å². The van der Waals surface area contributed by atoms with E-state index in [1.165, 1.54) is 6.07 Å². The van der Waals surface area contributed by atoms with Gasteiger partial charge in [0.15, 0.2) is 0 Å². The van der Waals surface area contributed by atoms with Gasteiger partial charge in [0.25, 0.3) is 0 Å². The van der Waals surface area contributed by atoms with Crippen LogP contribution in [0.5, 0.6) is 5.88 Å². The Labute approximate surface area is 85.3 Å². The van der Waals surface area contributed by atoms with Crippen molar-refractivity contribution in [2.24, 2.45) is 0 Å². The molecule has 0 radical (unpaired) electrons. The lowest BCUT2D eigenvalue weighted by Gasteiger charge is -2.08. The van der Waals surface area contributed by atoms with Crippen LogP contribution in [0.1, 0.15) is 6.42 Å². The Balaban J connectivity index is 2.44. The second-order valence-corrected chi connectivity index (χ2v) is 2.82. The molecule has 0 saturated carbocycles. The zero-order valence-corrected chi connectivity index (χ0v) is 8.14. The third-order valence-corrected chi connectivity index (χ3v) is 1.62. The van der Waals surface area contributed by atoms with Crippen LogP contribution >= 0.6 is 0 Å². The highest BCUT2D eigenvalue weighted by molar-refractivity contribution is 5.35. The fraction of sp³-hybridized carbons (Fsp3) is 0.444. The highest BCUT2D eigenvalue weighted by atomic mass is 19.4. The van der Waals surface area contributed by atoms with Crippen LogP contribution in [0, 0.1) is 0 Å². The van der Waals surface area contributed by atoms with Crippen molar-refractivity contribution in [3.63, 3.8) is 0 Å². The smallest absolute Gasteiger partial charge is 0.392 e. The van der Waals surface area contributed by atoms with Crippen LogP contribution in [0.3, 0.4) is 0 Å². The molecule has 0 unspecified atom stereocenters. The average molecular weight is 220 g/mol. The molecule has 0 amide bonds. The minimum Gasteiger partial charge on any atom is -0.477 e. The summed E-state index contributed by atoms with van der Waals surface area (Å²) in [5, 5.41) is 2.76. The number of aromatic nitrogens is 1. The van der Waals surface area contributed by atoms with E-state index >= 15 is 0 Å². The maximum atomic E-state index is 11.8. The average Bonchev–Trinajstić information content (AvgIpc) is 2.16. The molecule has 3 nitrogen and oxygen atoms in total. The van der Waals surface area contributed by atoms with Gasteiger partial charge in [-0.1, -0.05) is 6.07 Å². The number of hydrogen-bond acceptors (Lipinski definition) is 3. The summed E-state index contributed by atoms with van der Waals surface area (Å²) in [4.78, 5) is 3.91. The molecule has 0 atom stereocenters. The second-order valence-electron chi connectivity index (χ2n) is 2.82. The zero-order valence-electron chi connectivity index (χ0n) is 8.14. The molecule has 1 rings (SSSR count). The van der Waals surface area contributed by atoms with Gasteiger partial charge in [0.1, 0.15) is 5.82 Å². The summed E-state index contributed by atoms with van der Waals surface area (Å²) in [6.07, 6.45) is -5.17. The van der Waals surface area contributed by atoms with Crippen LogP contribution in [0.2, 0.25) is 0 Å². The number of halogens is 3. The minimum atomic E-state index is -4.19. The van der Waals surface area contributed by atoms with Gasteiger partial charge in [-0.05, 0) is 6.07 Å². The van der Waals surface area contributed by atoms with Crippen molar-refractivity contribution in [3.8, 4) is 5.88 Å². The number of rotatable bonds is 4. The van der Waals surface area contributed by atoms with Crippen LogP contribution in [0.4, 0.5) is 19.0 Å². The number of hydrogen-bond donors (Lipinski definition) is 1. The van der Waals surface area contributed by atoms with Gasteiger partial charge in [-0.25, -0.2) is 0 Å². The third kappa shape index (κ3) is 4.53. The molecule has 1 heterocycles. The van der Waals surface area contributed by atoms with E-state index in [1.807, 2.05) is 0 Å². The topological polar surface area (TPSA) is 34.1 Å². The molecule has 1 aromatic heterocycles. The van der Waals surface area contributed by atoms with Gasteiger partial charge in [-0.2, -0.15) is 18.2 Å². The van der Waals surface area contributed by atoms with Gasteiger partial charge in [-0.15, -0.1) is 0 Å². The van der Waals surface area contributed by atoms with E-state index in [0.29, 0.717) is 5.82 Å². The van der Waals surface area contributed by atoms with E-state index in [0.717, 1.165) is 0 Å². The van der Waals surface area contributed by atoms with Crippen molar-refractivity contribution in [2.45, 2.75) is 12.6 Å². The largest absolute Gasteiger partial charge is 0.477 e. The van der Waals surface area contributed by atoms with Crippen molar-refractivity contribution in [1.82, 2.24) is 4.98 Å². The Morgan fingerprint density at radius 3 is 2.73 bits per heavy atom. The maximum Gasteiger partial charge on any atom is 0.392 e. The quantitative estimate of drug-likeness (QED) is 0.846. The molecule has 15 heavy (non-hydrogen) atoms. The molecule has 0 aromatic carbocycles. The SMILES string of the molecule is CNc1cccc(OCCC(F)(F)F)n1. The Hall–Kier alpha value is -1.46. The highest BCUT2D eigenvalue weighted by Crippen LogP contribution is 2.20. The van der Waals surface area contributed by atoms with Crippen molar-refractivity contribution >= 4 is 5.82 Å². The fourth-order valence-corrected chi connectivity index (χ4v) is 0.906. The van der Waals surface area contributed by atoms with Gasteiger partial charge in [-0.3, -0.25) is 0 Å². The summed E-state index contributed by atoms with van der Waals surface area (Å²) in [5.74, 6) is 0.741. The standard InChI is InChI=1S/C9H11F3N2O/c1-13-7-3-2-4-8(14-7)15-6-5-9(10,11)12/h2-4H,5-6H2,1H3,(H,13,14). The van der Waals surface area contributed by atoms with Crippen LogP contribution in [0.25, 0.3) is 0 Å². The monoisotopic (exact) mass is 220 g/mol. The zero-order chi connectivity index (χ0) is 11.3. The number of nitrogens with one attached hydrogen (secondary N) is 1. The Morgan fingerprint density at radius 1 is 1.40 bits per heavy atom. The summed E-state index contributed by atoms with van der Waals surface area (Å²) in [7, 11) is 1.67. The first-order chi connectivity index (χ1) is 7.01. The molecule has 0 spiro atoms. The predicted molar refractivity (Wildman–Crippen MR) is 50.0 cm³/mol. The van der Waals surface area contributed by atoms with Gasteiger partial charge in [0, 0.05) is 13.1 Å². The van der Waals surface area contributed by atoms with Crippen molar-refractivity contribution in [2.75, 3.05) is 19.0 Å². The minimum absolute atomic E-state index is 0.186. The number of anilines is 1. The van der Waals surface area contributed by atoms with E-state index in [2.05, 4.69) is 10.3 Å². The number of nitrogens with zero attached hydrogens (tertiary/aromatic N) is 1. The first-order valence-corrected chi connectivity index (χ1v) is 4.35. The predicted octanol–water partition coefficient (Wildman–Crippen LogP) is 2.45. The van der Waals surface area contributed by atoms with Crippen LogP contribution in [-0.2, 0) is 0 Å². The molecule has 0 aliphatic heterocycles. The molecule has 0 aliphatic carbocycles. The van der Waals surface area contributed by atoms with Gasteiger partial charge in [0.2, 0.25) is 5.88 Å². The fourth-order valence-electron chi connectivity index (χ4n) is 0.906. The summed E-state index contributed by atoms with van der Waals surface area (Å²) in [6, 6.07) is 4.86. The van der Waals surface area contributed by atoms with Gasteiger partial charge >= 0.3 is 6.18 Å². The molecule has 1 N–H and O–H groups in total. The van der Waals surface area contributed by atoms with E-state index in [-0.39, 0.29) is 5.88 Å². The molecule has 0 saturated heterocycles. The number of alkyl halides is 3. The summed E-state index contributed by atoms with van der Waals surface area (Å²) in [5.41, 5.74) is 0. The Morgan fingerprint density at radius 2 is 2.13 bits per heavy atom. The first-order valence-electron chi connectivity index (χ1n) is 4.35. The molecule has 1 aromatic rings. The summed E-state index contributed by atoms with van der Waals surface area (Å²) >= 11 is 0. The lowest BCUT2D eigenvalue weighted by atomic mass is 10.4. The van der Waals surface area contributed by atoms with Crippen molar-refractivity contribution in [3.05, 3.63) is 18.2 Å². The van der Waals surface area contributed by atoms with Crippen LogP contribution in [0.15, 0.2) is 18.2 Å². The lowest BCUT2D eigenvalue weighted by molar-refractivity contribution is -0.139. The van der Waals surface area contributed by atoms with E-state index in [9.17, 15) is 13.2 Å². The van der Waals surface area contributed by atoms with Crippen molar-refractivity contribution < 1.29 is 17.9 Å². The highest BCUT2D eigenvalue weighted by Gasteiger charge is 2.26. The van der Waals surface area contributed by atoms with Gasteiger partial charge in [0.05, 0.1) is 13.0 Å². The normalized spacial score (nSPS) is 11.2. The molecule has 0 fully saturated rings. The molecule has 6 heteroatoms. The molecular weight excluding hydrogens is 209 g/mol. The third-order valence-electron chi connectivity index (χ3n) is 1.62. The second kappa shape index (κ2) is 4.86. The molecule has 0 aliphatic rings. The van der Waals surface area contributed by atoms with Crippen molar-refractivity contribution in [1.29, 1.82) is 0 Å². The Bertz CT molecular complexity index is 314. The van der Waals surface area contributed by atoms with E-state index < -0.39 is 19.2 Å².